The van der Waals surface area contributed by atoms with Crippen molar-refractivity contribution in [2.24, 2.45) is 0 Å². The Kier molecular flexibility index (Phi) is 3.18. The molecule has 1 aromatic carbocycles. The van der Waals surface area contributed by atoms with E-state index < -0.39 is 15.5 Å². The van der Waals surface area contributed by atoms with E-state index in [-0.39, 0.29) is 5.69 Å². The molecule has 0 saturated carbocycles. The van der Waals surface area contributed by atoms with E-state index in [0.29, 0.717) is 11.1 Å². The normalized spacial score (nSPS) is 12.6. The molecule has 0 fully saturated rings. The summed E-state index contributed by atoms with van der Waals surface area (Å²) in [7, 11) is -5.33. The van der Waals surface area contributed by atoms with Crippen LogP contribution in [0.4, 0.5) is 18.9 Å². The van der Waals surface area contributed by atoms with Crippen LogP contribution >= 0.6 is 0 Å². The molecular formula is C9H10F3NO2S. The number of alkyl halides is 3. The van der Waals surface area contributed by atoms with Crippen molar-refractivity contribution in [3.8, 4) is 0 Å². The lowest BCUT2D eigenvalue weighted by Crippen LogP contribution is -2.29. The monoisotopic (exact) mass is 253 g/mol. The van der Waals surface area contributed by atoms with Crippen LogP contribution in [0.3, 0.4) is 0 Å². The minimum atomic E-state index is -5.33. The Balaban J connectivity index is 3.07. The zero-order valence-electron chi connectivity index (χ0n) is 8.59. The van der Waals surface area contributed by atoms with Gasteiger partial charge in [0.1, 0.15) is 0 Å². The minimum absolute atomic E-state index is 0.0881. The van der Waals surface area contributed by atoms with E-state index in [1.165, 1.54) is 16.9 Å². The largest absolute Gasteiger partial charge is 0.516 e. The van der Waals surface area contributed by atoms with Crippen LogP contribution in [0.2, 0.25) is 0 Å². The molecule has 0 unspecified atom stereocenters. The molecule has 0 aromatic heterocycles. The summed E-state index contributed by atoms with van der Waals surface area (Å²) < 4.78 is 59.3. The second-order valence-corrected chi connectivity index (χ2v) is 5.10. The number of anilines is 1. The number of hydrogen-bond acceptors (Lipinski definition) is 2. The van der Waals surface area contributed by atoms with Crippen LogP contribution < -0.4 is 4.72 Å². The van der Waals surface area contributed by atoms with Crippen LogP contribution in [-0.2, 0) is 10.0 Å². The third-order valence-corrected chi connectivity index (χ3v) is 2.89. The van der Waals surface area contributed by atoms with Gasteiger partial charge in [-0.2, -0.15) is 21.6 Å². The number of aryl methyl sites for hydroxylation is 2. The lowest BCUT2D eigenvalue weighted by molar-refractivity contribution is -0.0429. The molecule has 0 saturated heterocycles. The van der Waals surface area contributed by atoms with Crippen molar-refractivity contribution in [1.82, 2.24) is 0 Å². The van der Waals surface area contributed by atoms with Crippen molar-refractivity contribution >= 4 is 15.7 Å². The Morgan fingerprint density at radius 3 is 1.88 bits per heavy atom. The highest BCUT2D eigenvalue weighted by atomic mass is 32.2. The number of nitrogens with one attached hydrogen (secondary N) is 1. The van der Waals surface area contributed by atoms with Gasteiger partial charge in [-0.15, -0.1) is 0 Å². The second-order valence-electron chi connectivity index (χ2n) is 3.43. The van der Waals surface area contributed by atoms with E-state index in [2.05, 4.69) is 0 Å². The Morgan fingerprint density at radius 2 is 1.50 bits per heavy atom. The molecule has 1 aromatic rings. The predicted molar refractivity (Wildman–Crippen MR) is 54.5 cm³/mol. The highest BCUT2D eigenvalue weighted by molar-refractivity contribution is 7.93. The lowest BCUT2D eigenvalue weighted by Gasteiger charge is -2.11. The summed E-state index contributed by atoms with van der Waals surface area (Å²) in [6.07, 6.45) is 0. The van der Waals surface area contributed by atoms with E-state index >= 15 is 0 Å². The zero-order valence-corrected chi connectivity index (χ0v) is 9.41. The fraction of sp³-hybridized carbons (Fsp3) is 0.333. The maximum absolute atomic E-state index is 12.1. The summed E-state index contributed by atoms with van der Waals surface area (Å²) in [6, 6.07) is 4.39. The smallest absolute Gasteiger partial charge is 0.276 e. The van der Waals surface area contributed by atoms with Crippen LogP contribution in [-0.4, -0.2) is 13.9 Å². The van der Waals surface area contributed by atoms with Crippen LogP contribution in [0.5, 0.6) is 0 Å². The van der Waals surface area contributed by atoms with Gasteiger partial charge < -0.3 is 0 Å². The molecular weight excluding hydrogens is 243 g/mol. The van der Waals surface area contributed by atoms with Gasteiger partial charge in [0.15, 0.2) is 0 Å². The Bertz CT molecular complexity index is 474. The van der Waals surface area contributed by atoms with Crippen molar-refractivity contribution in [2.75, 3.05) is 4.72 Å². The van der Waals surface area contributed by atoms with Gasteiger partial charge in [-0.1, -0.05) is 6.07 Å². The summed E-state index contributed by atoms with van der Waals surface area (Å²) in [4.78, 5) is 0. The van der Waals surface area contributed by atoms with Crippen molar-refractivity contribution in [1.29, 1.82) is 0 Å². The molecule has 1 rings (SSSR count). The van der Waals surface area contributed by atoms with Crippen molar-refractivity contribution in [2.45, 2.75) is 19.4 Å². The SMILES string of the molecule is Cc1cc(C)cc(NS(=O)(=O)C(F)(F)F)c1. The first-order valence-corrected chi connectivity index (χ1v) is 5.77. The third-order valence-electron chi connectivity index (χ3n) is 1.78. The molecule has 7 heteroatoms. The molecule has 90 valence electrons. The van der Waals surface area contributed by atoms with E-state index in [4.69, 9.17) is 0 Å². The molecule has 0 heterocycles. The average Bonchev–Trinajstić information content (AvgIpc) is 1.97. The molecule has 0 amide bonds. The molecule has 3 nitrogen and oxygen atoms in total. The van der Waals surface area contributed by atoms with E-state index in [0.717, 1.165) is 0 Å². The molecule has 0 spiro atoms. The number of benzene rings is 1. The number of halogens is 3. The number of rotatable bonds is 2. The van der Waals surface area contributed by atoms with Gasteiger partial charge in [0.2, 0.25) is 0 Å². The Labute approximate surface area is 91.3 Å². The van der Waals surface area contributed by atoms with E-state index in [1.54, 1.807) is 19.9 Å². The first-order chi connectivity index (χ1) is 7.12. The lowest BCUT2D eigenvalue weighted by atomic mass is 10.1. The summed E-state index contributed by atoms with van der Waals surface area (Å²) in [5, 5.41) is 0. The Morgan fingerprint density at radius 1 is 1.06 bits per heavy atom. The van der Waals surface area contributed by atoms with E-state index in [9.17, 15) is 21.6 Å². The van der Waals surface area contributed by atoms with Gasteiger partial charge in [0.25, 0.3) is 0 Å². The standard InChI is InChI=1S/C9H10F3NO2S/c1-6-3-7(2)5-8(4-6)13-16(14,15)9(10,11)12/h3-5,13H,1-2H3. The van der Waals surface area contributed by atoms with Crippen molar-refractivity contribution in [3.05, 3.63) is 29.3 Å². The van der Waals surface area contributed by atoms with Gasteiger partial charge in [0, 0.05) is 5.69 Å². The first-order valence-electron chi connectivity index (χ1n) is 4.29. The number of sulfonamides is 1. The van der Waals surface area contributed by atoms with Gasteiger partial charge in [-0.25, -0.2) is 0 Å². The van der Waals surface area contributed by atoms with Gasteiger partial charge >= 0.3 is 15.5 Å². The predicted octanol–water partition coefficient (Wildman–Crippen LogP) is 2.56. The average molecular weight is 253 g/mol. The summed E-state index contributed by atoms with van der Waals surface area (Å²) >= 11 is 0. The van der Waals surface area contributed by atoms with Gasteiger partial charge in [-0.3, -0.25) is 4.72 Å². The molecule has 0 aliphatic rings. The molecule has 0 aliphatic carbocycles. The molecule has 16 heavy (non-hydrogen) atoms. The molecule has 0 bridgehead atoms. The van der Waals surface area contributed by atoms with Crippen LogP contribution in [0.25, 0.3) is 0 Å². The quantitative estimate of drug-likeness (QED) is 0.880. The first kappa shape index (κ1) is 12.8. The third kappa shape index (κ3) is 2.88. The van der Waals surface area contributed by atoms with Gasteiger partial charge in [0.05, 0.1) is 0 Å². The van der Waals surface area contributed by atoms with Crippen LogP contribution in [0.15, 0.2) is 18.2 Å². The zero-order chi connectivity index (χ0) is 12.6. The van der Waals surface area contributed by atoms with Crippen LogP contribution in [0.1, 0.15) is 11.1 Å². The molecule has 0 atom stereocenters. The van der Waals surface area contributed by atoms with E-state index in [1.807, 2.05) is 0 Å². The summed E-state index contributed by atoms with van der Waals surface area (Å²) in [5.41, 5.74) is -4.03. The fourth-order valence-corrected chi connectivity index (χ4v) is 1.79. The van der Waals surface area contributed by atoms with Crippen molar-refractivity contribution < 1.29 is 21.6 Å². The second kappa shape index (κ2) is 3.97. The maximum Gasteiger partial charge on any atom is 0.516 e. The fourth-order valence-electron chi connectivity index (χ4n) is 1.25. The summed E-state index contributed by atoms with van der Waals surface area (Å²) in [6.45, 7) is 3.33. The maximum atomic E-state index is 12.1. The summed E-state index contributed by atoms with van der Waals surface area (Å²) in [5.74, 6) is 0. The van der Waals surface area contributed by atoms with Gasteiger partial charge in [-0.05, 0) is 37.1 Å². The topological polar surface area (TPSA) is 46.2 Å². The van der Waals surface area contributed by atoms with Crippen LogP contribution in [0, 0.1) is 13.8 Å². The number of hydrogen-bond donors (Lipinski definition) is 1. The highest BCUT2D eigenvalue weighted by Gasteiger charge is 2.46. The highest BCUT2D eigenvalue weighted by Crippen LogP contribution is 2.26. The molecule has 1 N–H and O–H groups in total. The Hall–Kier alpha value is -1.24. The molecule has 0 aliphatic heterocycles. The molecule has 0 radical (unpaired) electrons. The van der Waals surface area contributed by atoms with Crippen molar-refractivity contribution in [3.63, 3.8) is 0 Å². The minimum Gasteiger partial charge on any atom is -0.276 e.